The molecule has 1 unspecified atom stereocenters. The molecule has 0 N–H and O–H groups in total. The maximum atomic E-state index is 12.8. The molecule has 29 heavy (non-hydrogen) atoms. The summed E-state index contributed by atoms with van der Waals surface area (Å²) in [5.74, 6) is -1.56. The number of aryl methyl sites for hydroxylation is 3. The summed E-state index contributed by atoms with van der Waals surface area (Å²) in [7, 11) is 0. The molecule has 2 amide bonds. The Labute approximate surface area is 169 Å². The van der Waals surface area contributed by atoms with Gasteiger partial charge in [0, 0.05) is 18.4 Å². The Morgan fingerprint density at radius 2 is 1.55 bits per heavy atom. The largest absolute Gasteiger partial charge is 0.451 e. The zero-order chi connectivity index (χ0) is 21.3. The molecule has 0 spiro atoms. The van der Waals surface area contributed by atoms with Gasteiger partial charge in [0.25, 0.3) is 0 Å². The van der Waals surface area contributed by atoms with E-state index in [0.717, 1.165) is 21.6 Å². The van der Waals surface area contributed by atoms with E-state index in [4.69, 9.17) is 4.74 Å². The molecule has 1 saturated heterocycles. The van der Waals surface area contributed by atoms with Gasteiger partial charge in [-0.25, -0.2) is 4.79 Å². The summed E-state index contributed by atoms with van der Waals surface area (Å²) in [4.78, 5) is 50.3. The molecule has 0 radical (unpaired) electrons. The van der Waals surface area contributed by atoms with Gasteiger partial charge >= 0.3 is 5.97 Å². The molecule has 0 aliphatic carbocycles. The number of carbonyl (C=O) groups is 4. The molecular formula is C23H23NO5. The summed E-state index contributed by atoms with van der Waals surface area (Å²) >= 11 is 0. The van der Waals surface area contributed by atoms with Crippen LogP contribution in [0.25, 0.3) is 0 Å². The number of carbonyl (C=O) groups excluding carboxylic acids is 4. The third-order valence-corrected chi connectivity index (χ3v) is 5.15. The van der Waals surface area contributed by atoms with Crippen LogP contribution in [0, 0.1) is 20.8 Å². The number of nitrogens with zero attached hydrogens (tertiary/aromatic N) is 1. The van der Waals surface area contributed by atoms with E-state index >= 15 is 0 Å². The van der Waals surface area contributed by atoms with Crippen LogP contribution >= 0.6 is 0 Å². The summed E-state index contributed by atoms with van der Waals surface area (Å²) in [6.07, 6.45) is -0.648. The van der Waals surface area contributed by atoms with Crippen LogP contribution in [0.5, 0.6) is 0 Å². The average molecular weight is 393 g/mol. The number of hydrogen-bond acceptors (Lipinski definition) is 5. The van der Waals surface area contributed by atoms with E-state index in [1.807, 2.05) is 32.9 Å². The highest BCUT2D eigenvalue weighted by Gasteiger charge is 2.31. The maximum Gasteiger partial charge on any atom is 0.338 e. The predicted octanol–water partition coefficient (Wildman–Crippen LogP) is 3.69. The molecule has 2 aromatic carbocycles. The van der Waals surface area contributed by atoms with Crippen molar-refractivity contribution in [1.82, 2.24) is 0 Å². The Hall–Kier alpha value is -3.28. The molecule has 3 rings (SSSR count). The molecule has 1 aliphatic rings. The van der Waals surface area contributed by atoms with Crippen molar-refractivity contribution >= 4 is 29.3 Å². The van der Waals surface area contributed by atoms with E-state index in [0.29, 0.717) is 11.3 Å². The smallest absolute Gasteiger partial charge is 0.338 e. The first-order valence-electron chi connectivity index (χ1n) is 9.48. The van der Waals surface area contributed by atoms with Gasteiger partial charge < -0.3 is 4.74 Å². The van der Waals surface area contributed by atoms with Crippen LogP contribution in [0.3, 0.4) is 0 Å². The number of Topliss-reactive ketones (excluding diaryl/α,β-unsaturated/α-hetero) is 1. The van der Waals surface area contributed by atoms with Crippen molar-refractivity contribution in [3.05, 3.63) is 64.2 Å². The Bertz CT molecular complexity index is 1010. The molecule has 2 aromatic rings. The Morgan fingerprint density at radius 3 is 2.21 bits per heavy atom. The average Bonchev–Trinajstić information content (AvgIpc) is 3.02. The molecule has 0 bridgehead atoms. The van der Waals surface area contributed by atoms with Crippen LogP contribution in [0.15, 0.2) is 36.4 Å². The first-order chi connectivity index (χ1) is 13.7. The minimum atomic E-state index is -0.970. The summed E-state index contributed by atoms with van der Waals surface area (Å²) in [6.45, 7) is 7.28. The van der Waals surface area contributed by atoms with Crippen LogP contribution in [0.2, 0.25) is 0 Å². The quantitative estimate of drug-likeness (QED) is 0.440. The summed E-state index contributed by atoms with van der Waals surface area (Å²) in [6, 6.07) is 9.86. The van der Waals surface area contributed by atoms with Gasteiger partial charge in [-0.2, -0.15) is 0 Å². The molecule has 6 nitrogen and oxygen atoms in total. The van der Waals surface area contributed by atoms with Crippen LogP contribution in [0.1, 0.15) is 57.2 Å². The second kappa shape index (κ2) is 7.99. The Balaban J connectivity index is 1.77. The molecule has 1 fully saturated rings. The van der Waals surface area contributed by atoms with Crippen molar-refractivity contribution in [3.63, 3.8) is 0 Å². The summed E-state index contributed by atoms with van der Waals surface area (Å²) in [5.41, 5.74) is 3.93. The zero-order valence-electron chi connectivity index (χ0n) is 16.9. The molecule has 1 atom stereocenters. The van der Waals surface area contributed by atoms with Crippen LogP contribution in [0.4, 0.5) is 5.69 Å². The lowest BCUT2D eigenvalue weighted by Gasteiger charge is -2.17. The van der Waals surface area contributed by atoms with E-state index in [9.17, 15) is 19.2 Å². The number of benzene rings is 2. The third kappa shape index (κ3) is 4.11. The lowest BCUT2D eigenvalue weighted by molar-refractivity contribution is -0.121. The lowest BCUT2D eigenvalue weighted by atomic mass is 9.96. The van der Waals surface area contributed by atoms with Crippen molar-refractivity contribution in [2.75, 3.05) is 4.90 Å². The van der Waals surface area contributed by atoms with Gasteiger partial charge in [-0.05, 0) is 68.7 Å². The molecule has 6 heteroatoms. The van der Waals surface area contributed by atoms with Gasteiger partial charge in [0.1, 0.15) is 0 Å². The zero-order valence-corrected chi connectivity index (χ0v) is 16.9. The highest BCUT2D eigenvalue weighted by atomic mass is 16.5. The Kier molecular flexibility index (Phi) is 5.64. The Morgan fingerprint density at radius 1 is 0.931 bits per heavy atom. The van der Waals surface area contributed by atoms with Gasteiger partial charge in [-0.3, -0.25) is 19.3 Å². The van der Waals surface area contributed by atoms with Crippen LogP contribution < -0.4 is 4.90 Å². The van der Waals surface area contributed by atoms with Gasteiger partial charge in [0.05, 0.1) is 11.3 Å². The fraction of sp³-hybridized carbons (Fsp3) is 0.304. The fourth-order valence-corrected chi connectivity index (χ4v) is 3.36. The van der Waals surface area contributed by atoms with Gasteiger partial charge in [-0.1, -0.05) is 12.1 Å². The van der Waals surface area contributed by atoms with Gasteiger partial charge in [-0.15, -0.1) is 0 Å². The number of imide groups is 1. The van der Waals surface area contributed by atoms with Crippen molar-refractivity contribution < 1.29 is 23.9 Å². The van der Waals surface area contributed by atoms with E-state index in [-0.39, 0.29) is 36.0 Å². The predicted molar refractivity (Wildman–Crippen MR) is 108 cm³/mol. The highest BCUT2D eigenvalue weighted by Crippen LogP contribution is 2.24. The second-order valence-corrected chi connectivity index (χ2v) is 7.34. The topological polar surface area (TPSA) is 80.8 Å². The highest BCUT2D eigenvalue weighted by molar-refractivity contribution is 6.20. The molecule has 0 saturated carbocycles. The van der Waals surface area contributed by atoms with Crippen molar-refractivity contribution in [1.29, 1.82) is 0 Å². The van der Waals surface area contributed by atoms with Crippen molar-refractivity contribution in [2.45, 2.75) is 46.6 Å². The van der Waals surface area contributed by atoms with E-state index in [1.165, 1.54) is 19.1 Å². The number of amides is 2. The summed E-state index contributed by atoms with van der Waals surface area (Å²) < 4.78 is 5.37. The van der Waals surface area contributed by atoms with Crippen molar-refractivity contribution in [2.24, 2.45) is 0 Å². The molecule has 0 aromatic heterocycles. The normalized spacial score (nSPS) is 14.8. The minimum absolute atomic E-state index is 0.161. The van der Waals surface area contributed by atoms with Crippen molar-refractivity contribution in [3.8, 4) is 0 Å². The van der Waals surface area contributed by atoms with E-state index in [1.54, 1.807) is 12.1 Å². The number of ketones is 1. The van der Waals surface area contributed by atoms with Crippen LogP contribution in [-0.2, 0) is 14.3 Å². The molecular weight excluding hydrogens is 370 g/mol. The molecule has 1 aliphatic heterocycles. The minimum Gasteiger partial charge on any atom is -0.451 e. The van der Waals surface area contributed by atoms with Crippen LogP contribution in [-0.4, -0.2) is 29.7 Å². The first kappa shape index (κ1) is 20.5. The third-order valence-electron chi connectivity index (χ3n) is 5.15. The first-order valence-corrected chi connectivity index (χ1v) is 9.48. The fourth-order valence-electron chi connectivity index (χ4n) is 3.36. The number of esters is 1. The lowest BCUT2D eigenvalue weighted by Crippen LogP contribution is -2.29. The second-order valence-electron chi connectivity index (χ2n) is 7.34. The number of rotatable bonds is 5. The molecule has 1 heterocycles. The number of ether oxygens (including phenoxy) is 1. The standard InChI is InChI=1S/C23H23NO5/c1-13-10-15(3)19(11-14(13)2)22(27)16(4)29-23(28)17-6-5-7-18(12-17)24-20(25)8-9-21(24)26/h5-7,10-12,16H,8-9H2,1-4H3. The van der Waals surface area contributed by atoms with E-state index in [2.05, 4.69) is 0 Å². The van der Waals surface area contributed by atoms with Gasteiger partial charge in [0.15, 0.2) is 6.10 Å². The van der Waals surface area contributed by atoms with Gasteiger partial charge in [0.2, 0.25) is 17.6 Å². The monoisotopic (exact) mass is 393 g/mol. The summed E-state index contributed by atoms with van der Waals surface area (Å²) in [5, 5.41) is 0. The maximum absolute atomic E-state index is 12.8. The van der Waals surface area contributed by atoms with E-state index < -0.39 is 12.1 Å². The SMILES string of the molecule is Cc1cc(C)c(C(=O)C(C)OC(=O)c2cccc(N3C(=O)CCC3=O)c2)cc1C. The number of hydrogen-bond donors (Lipinski definition) is 0. The molecule has 150 valence electrons. The number of anilines is 1.